The molecule has 0 aromatic carbocycles. The van der Waals surface area contributed by atoms with Gasteiger partial charge in [-0.05, 0) is 39.2 Å². The molecule has 104 valence electrons. The Labute approximate surface area is 108 Å². The van der Waals surface area contributed by atoms with Crippen LogP contribution in [-0.4, -0.2) is 29.6 Å². The minimum atomic E-state index is -0.820. The lowest BCUT2D eigenvalue weighted by Crippen LogP contribution is -2.48. The SMILES string of the molecule is CC(CCCN)C(=O)NC1CCCC1(C)C(=O)O. The molecule has 3 unspecified atom stereocenters. The van der Waals surface area contributed by atoms with Crippen LogP contribution in [0.15, 0.2) is 0 Å². The van der Waals surface area contributed by atoms with Gasteiger partial charge in [-0.25, -0.2) is 0 Å². The summed E-state index contributed by atoms with van der Waals surface area (Å²) < 4.78 is 0. The van der Waals surface area contributed by atoms with Crippen LogP contribution in [-0.2, 0) is 9.59 Å². The summed E-state index contributed by atoms with van der Waals surface area (Å²) in [4.78, 5) is 23.3. The van der Waals surface area contributed by atoms with Crippen LogP contribution in [0.5, 0.6) is 0 Å². The molecule has 1 fully saturated rings. The molecule has 1 aliphatic carbocycles. The number of carboxylic acids is 1. The summed E-state index contributed by atoms with van der Waals surface area (Å²) in [5.74, 6) is -0.977. The summed E-state index contributed by atoms with van der Waals surface area (Å²) in [5, 5.41) is 12.2. The molecule has 0 saturated heterocycles. The largest absolute Gasteiger partial charge is 0.481 e. The van der Waals surface area contributed by atoms with Crippen molar-refractivity contribution in [3.05, 3.63) is 0 Å². The molecule has 3 atom stereocenters. The fraction of sp³-hybridized carbons (Fsp3) is 0.846. The number of amides is 1. The van der Waals surface area contributed by atoms with Gasteiger partial charge in [0.1, 0.15) is 0 Å². The van der Waals surface area contributed by atoms with Crippen LogP contribution in [0.1, 0.15) is 46.0 Å². The van der Waals surface area contributed by atoms with Crippen molar-refractivity contribution in [1.82, 2.24) is 5.32 Å². The molecule has 5 nitrogen and oxygen atoms in total. The Morgan fingerprint density at radius 1 is 1.56 bits per heavy atom. The predicted octanol–water partition coefficient (Wildman–Crippen LogP) is 1.12. The van der Waals surface area contributed by atoms with E-state index in [-0.39, 0.29) is 17.9 Å². The molecule has 0 aromatic rings. The van der Waals surface area contributed by atoms with E-state index in [4.69, 9.17) is 5.73 Å². The molecule has 5 heteroatoms. The van der Waals surface area contributed by atoms with E-state index in [2.05, 4.69) is 5.32 Å². The van der Waals surface area contributed by atoms with Crippen LogP contribution in [0.3, 0.4) is 0 Å². The summed E-state index contributed by atoms with van der Waals surface area (Å²) in [6.45, 7) is 4.16. The summed E-state index contributed by atoms with van der Waals surface area (Å²) >= 11 is 0. The van der Waals surface area contributed by atoms with Crippen molar-refractivity contribution in [2.75, 3.05) is 6.54 Å². The van der Waals surface area contributed by atoms with Gasteiger partial charge in [0.05, 0.1) is 5.41 Å². The third-order valence-electron chi connectivity index (χ3n) is 4.05. The number of rotatable bonds is 6. The zero-order valence-electron chi connectivity index (χ0n) is 11.2. The van der Waals surface area contributed by atoms with Gasteiger partial charge >= 0.3 is 5.97 Å². The number of aliphatic carboxylic acids is 1. The van der Waals surface area contributed by atoms with E-state index < -0.39 is 11.4 Å². The van der Waals surface area contributed by atoms with Gasteiger partial charge in [-0.3, -0.25) is 9.59 Å². The maximum Gasteiger partial charge on any atom is 0.311 e. The highest BCUT2D eigenvalue weighted by Crippen LogP contribution is 2.38. The molecule has 4 N–H and O–H groups in total. The molecule has 1 rings (SSSR count). The second-order valence-electron chi connectivity index (χ2n) is 5.51. The van der Waals surface area contributed by atoms with Gasteiger partial charge in [0.25, 0.3) is 0 Å². The number of hydrogen-bond donors (Lipinski definition) is 3. The Kier molecular flexibility index (Phi) is 5.14. The summed E-state index contributed by atoms with van der Waals surface area (Å²) in [6.07, 6.45) is 3.79. The molecular formula is C13H24N2O3. The summed E-state index contributed by atoms with van der Waals surface area (Å²) in [5.41, 5.74) is 4.60. The zero-order valence-corrected chi connectivity index (χ0v) is 11.2. The first-order valence-electron chi connectivity index (χ1n) is 6.65. The van der Waals surface area contributed by atoms with Crippen molar-refractivity contribution in [2.24, 2.45) is 17.1 Å². The minimum absolute atomic E-state index is 0.0529. The third kappa shape index (κ3) is 3.22. The van der Waals surface area contributed by atoms with Crippen molar-refractivity contribution in [3.63, 3.8) is 0 Å². The van der Waals surface area contributed by atoms with Crippen molar-refractivity contribution >= 4 is 11.9 Å². The lowest BCUT2D eigenvalue weighted by molar-refractivity contribution is -0.149. The van der Waals surface area contributed by atoms with E-state index in [1.54, 1.807) is 6.92 Å². The third-order valence-corrected chi connectivity index (χ3v) is 4.05. The Hall–Kier alpha value is -1.10. The van der Waals surface area contributed by atoms with Crippen LogP contribution >= 0.6 is 0 Å². The van der Waals surface area contributed by atoms with Crippen molar-refractivity contribution in [1.29, 1.82) is 0 Å². The van der Waals surface area contributed by atoms with Crippen LogP contribution in [0.25, 0.3) is 0 Å². The van der Waals surface area contributed by atoms with Crippen molar-refractivity contribution in [3.8, 4) is 0 Å². The van der Waals surface area contributed by atoms with Gasteiger partial charge in [-0.2, -0.15) is 0 Å². The number of carboxylic acid groups (broad SMARTS) is 1. The summed E-state index contributed by atoms with van der Waals surface area (Å²) in [7, 11) is 0. The van der Waals surface area contributed by atoms with Gasteiger partial charge < -0.3 is 16.2 Å². The van der Waals surface area contributed by atoms with Gasteiger partial charge in [0.2, 0.25) is 5.91 Å². The Bertz CT molecular complexity index is 319. The lowest BCUT2D eigenvalue weighted by Gasteiger charge is -2.28. The minimum Gasteiger partial charge on any atom is -0.481 e. The second kappa shape index (κ2) is 6.18. The van der Waals surface area contributed by atoms with Gasteiger partial charge in [-0.15, -0.1) is 0 Å². The van der Waals surface area contributed by atoms with Crippen LogP contribution in [0, 0.1) is 11.3 Å². The fourth-order valence-electron chi connectivity index (χ4n) is 2.52. The normalized spacial score (nSPS) is 28.9. The van der Waals surface area contributed by atoms with Gasteiger partial charge in [0, 0.05) is 12.0 Å². The molecule has 0 radical (unpaired) electrons. The van der Waals surface area contributed by atoms with Crippen LogP contribution in [0.2, 0.25) is 0 Å². The molecule has 18 heavy (non-hydrogen) atoms. The van der Waals surface area contributed by atoms with Crippen LogP contribution < -0.4 is 11.1 Å². The number of nitrogens with one attached hydrogen (secondary N) is 1. The first kappa shape index (κ1) is 15.0. The molecule has 0 bridgehead atoms. The highest BCUT2D eigenvalue weighted by atomic mass is 16.4. The average Bonchev–Trinajstić information content (AvgIpc) is 2.69. The van der Waals surface area contributed by atoms with E-state index in [0.29, 0.717) is 13.0 Å². The Morgan fingerprint density at radius 3 is 2.78 bits per heavy atom. The van der Waals surface area contributed by atoms with E-state index in [1.807, 2.05) is 6.92 Å². The molecule has 0 heterocycles. The monoisotopic (exact) mass is 256 g/mol. The quantitative estimate of drug-likeness (QED) is 0.664. The number of hydrogen-bond acceptors (Lipinski definition) is 3. The number of nitrogens with two attached hydrogens (primary N) is 1. The molecule has 1 amide bonds. The molecule has 1 aliphatic rings. The second-order valence-corrected chi connectivity index (χ2v) is 5.51. The average molecular weight is 256 g/mol. The lowest BCUT2D eigenvalue weighted by atomic mass is 9.84. The Balaban J connectivity index is 2.56. The smallest absolute Gasteiger partial charge is 0.311 e. The highest BCUT2D eigenvalue weighted by Gasteiger charge is 2.46. The maximum absolute atomic E-state index is 12.0. The molecule has 0 aliphatic heterocycles. The molecule has 0 spiro atoms. The standard InChI is InChI=1S/C13H24N2O3/c1-9(5-4-8-14)11(16)15-10-6-3-7-13(10,2)12(17)18/h9-10H,3-8,14H2,1-2H3,(H,15,16)(H,17,18). The summed E-state index contributed by atoms with van der Waals surface area (Å²) in [6, 6.07) is -0.247. The maximum atomic E-state index is 12.0. The zero-order chi connectivity index (χ0) is 13.8. The molecule has 0 aromatic heterocycles. The Morgan fingerprint density at radius 2 is 2.22 bits per heavy atom. The van der Waals surface area contributed by atoms with Crippen LogP contribution in [0.4, 0.5) is 0 Å². The number of carbonyl (C=O) groups excluding carboxylic acids is 1. The van der Waals surface area contributed by atoms with E-state index in [0.717, 1.165) is 25.7 Å². The first-order chi connectivity index (χ1) is 8.41. The van der Waals surface area contributed by atoms with E-state index in [1.165, 1.54) is 0 Å². The highest BCUT2D eigenvalue weighted by molar-refractivity contribution is 5.81. The van der Waals surface area contributed by atoms with Gasteiger partial charge in [-0.1, -0.05) is 13.3 Å². The molecule has 1 saturated carbocycles. The topological polar surface area (TPSA) is 92.4 Å². The predicted molar refractivity (Wildman–Crippen MR) is 69.0 cm³/mol. The van der Waals surface area contributed by atoms with Crippen molar-refractivity contribution < 1.29 is 14.7 Å². The number of carbonyl (C=O) groups is 2. The fourth-order valence-corrected chi connectivity index (χ4v) is 2.52. The van der Waals surface area contributed by atoms with E-state index in [9.17, 15) is 14.7 Å². The first-order valence-corrected chi connectivity index (χ1v) is 6.65. The van der Waals surface area contributed by atoms with Gasteiger partial charge in [0.15, 0.2) is 0 Å². The molecular weight excluding hydrogens is 232 g/mol. The van der Waals surface area contributed by atoms with Crippen molar-refractivity contribution in [2.45, 2.75) is 52.0 Å². The van der Waals surface area contributed by atoms with E-state index >= 15 is 0 Å².